The Morgan fingerprint density at radius 3 is 2.31 bits per heavy atom. The Kier molecular flexibility index (Phi) is 6.33. The second kappa shape index (κ2) is 8.91. The third-order valence-electron chi connectivity index (χ3n) is 4.09. The minimum atomic E-state index is -4.62. The molecule has 0 bridgehead atoms. The number of nitrogens with one attached hydrogen (secondary N) is 2. The fourth-order valence-electron chi connectivity index (χ4n) is 2.68. The Morgan fingerprint density at radius 2 is 1.66 bits per heavy atom. The van der Waals surface area contributed by atoms with Crippen LogP contribution in [0.25, 0.3) is 0 Å². The van der Waals surface area contributed by atoms with Gasteiger partial charge in [-0.3, -0.25) is 9.59 Å². The molecule has 0 unspecified atom stereocenters. The van der Waals surface area contributed by atoms with Crippen LogP contribution in [-0.4, -0.2) is 11.8 Å². The first kappa shape index (κ1) is 20.6. The van der Waals surface area contributed by atoms with Crippen LogP contribution in [0, 0.1) is 0 Å². The molecule has 0 atom stereocenters. The van der Waals surface area contributed by atoms with Crippen molar-refractivity contribution >= 4 is 28.8 Å². The van der Waals surface area contributed by atoms with Gasteiger partial charge in [0, 0.05) is 10.6 Å². The molecular formula is C21H17F3N2O2S. The van der Waals surface area contributed by atoms with E-state index in [0.717, 1.165) is 22.6 Å². The minimum Gasteiger partial charge on any atom is -0.351 e. The van der Waals surface area contributed by atoms with Crippen LogP contribution < -0.4 is 10.6 Å². The molecule has 3 rings (SSSR count). The molecule has 0 spiro atoms. The molecule has 2 N–H and O–H groups in total. The molecule has 150 valence electrons. The highest BCUT2D eigenvalue weighted by Crippen LogP contribution is 2.32. The average Bonchev–Trinajstić information content (AvgIpc) is 3.21. The van der Waals surface area contributed by atoms with Crippen molar-refractivity contribution in [3.05, 3.63) is 87.6 Å². The van der Waals surface area contributed by atoms with Crippen molar-refractivity contribution in [3.63, 3.8) is 0 Å². The molecule has 29 heavy (non-hydrogen) atoms. The summed E-state index contributed by atoms with van der Waals surface area (Å²) in [6.07, 6.45) is -4.45. The number of hydrogen-bond donors (Lipinski definition) is 2. The number of amides is 2. The lowest BCUT2D eigenvalue weighted by molar-refractivity contribution is -0.137. The molecule has 4 nitrogen and oxygen atoms in total. The van der Waals surface area contributed by atoms with E-state index in [-0.39, 0.29) is 12.3 Å². The molecular weight excluding hydrogens is 401 g/mol. The Morgan fingerprint density at radius 1 is 0.931 bits per heavy atom. The number of carbonyl (C=O) groups excluding carboxylic acids is 2. The highest BCUT2D eigenvalue weighted by Gasteiger charge is 2.34. The SMILES string of the molecule is O=C(Cc1ccc(NC(=O)c2ccccc2C(F)(F)F)cc1)NCc1cccs1. The summed E-state index contributed by atoms with van der Waals surface area (Å²) >= 11 is 1.55. The van der Waals surface area contributed by atoms with Crippen molar-refractivity contribution in [1.82, 2.24) is 5.32 Å². The predicted molar refractivity (Wildman–Crippen MR) is 106 cm³/mol. The van der Waals surface area contributed by atoms with Crippen molar-refractivity contribution in [2.45, 2.75) is 19.1 Å². The minimum absolute atomic E-state index is 0.144. The number of carbonyl (C=O) groups is 2. The van der Waals surface area contributed by atoms with Crippen LogP contribution in [0.2, 0.25) is 0 Å². The van der Waals surface area contributed by atoms with Gasteiger partial charge < -0.3 is 10.6 Å². The predicted octanol–water partition coefficient (Wildman–Crippen LogP) is 4.88. The number of halogens is 3. The van der Waals surface area contributed by atoms with Crippen LogP contribution in [0.15, 0.2) is 66.0 Å². The fourth-order valence-corrected chi connectivity index (χ4v) is 3.32. The number of alkyl halides is 3. The molecule has 2 aromatic carbocycles. The lowest BCUT2D eigenvalue weighted by Gasteiger charge is -2.13. The standard InChI is InChI=1S/C21H17F3N2O2S/c22-21(23,24)18-6-2-1-5-17(18)20(28)26-15-9-7-14(8-10-15)12-19(27)25-13-16-4-3-11-29-16/h1-11H,12-13H2,(H,25,27)(H,26,28). The Balaban J connectivity index is 1.59. The van der Waals surface area contributed by atoms with Crippen molar-refractivity contribution in [2.24, 2.45) is 0 Å². The number of hydrogen-bond acceptors (Lipinski definition) is 3. The molecule has 0 aliphatic rings. The van der Waals surface area contributed by atoms with Crippen molar-refractivity contribution in [3.8, 4) is 0 Å². The van der Waals surface area contributed by atoms with Crippen LogP contribution in [0.5, 0.6) is 0 Å². The molecule has 0 fully saturated rings. The number of rotatable bonds is 6. The van der Waals surface area contributed by atoms with Gasteiger partial charge in [-0.2, -0.15) is 13.2 Å². The third-order valence-corrected chi connectivity index (χ3v) is 4.97. The molecule has 1 heterocycles. The van der Waals surface area contributed by atoms with Gasteiger partial charge in [0.25, 0.3) is 5.91 Å². The summed E-state index contributed by atoms with van der Waals surface area (Å²) in [6, 6.07) is 14.8. The van der Waals surface area contributed by atoms with E-state index in [2.05, 4.69) is 10.6 Å². The fraction of sp³-hybridized carbons (Fsp3) is 0.143. The van der Waals surface area contributed by atoms with Gasteiger partial charge in [0.05, 0.1) is 24.1 Å². The number of anilines is 1. The maximum atomic E-state index is 13.1. The first-order valence-electron chi connectivity index (χ1n) is 8.68. The van der Waals surface area contributed by atoms with E-state index in [9.17, 15) is 22.8 Å². The summed E-state index contributed by atoms with van der Waals surface area (Å²) in [4.78, 5) is 25.3. The van der Waals surface area contributed by atoms with Gasteiger partial charge >= 0.3 is 6.18 Å². The van der Waals surface area contributed by atoms with Gasteiger partial charge in [-0.1, -0.05) is 30.3 Å². The molecule has 2 amide bonds. The second-order valence-electron chi connectivity index (χ2n) is 6.23. The van der Waals surface area contributed by atoms with Crippen molar-refractivity contribution < 1.29 is 22.8 Å². The van der Waals surface area contributed by atoms with E-state index in [1.54, 1.807) is 35.6 Å². The number of benzene rings is 2. The summed E-state index contributed by atoms with van der Waals surface area (Å²) in [5.74, 6) is -0.992. The summed E-state index contributed by atoms with van der Waals surface area (Å²) in [5, 5.41) is 7.21. The van der Waals surface area contributed by atoms with Gasteiger partial charge in [-0.05, 0) is 41.3 Å². The average molecular weight is 418 g/mol. The highest BCUT2D eigenvalue weighted by molar-refractivity contribution is 7.09. The number of thiophene rings is 1. The molecule has 0 saturated carbocycles. The van der Waals surface area contributed by atoms with E-state index in [4.69, 9.17) is 0 Å². The van der Waals surface area contributed by atoms with Crippen molar-refractivity contribution in [1.29, 1.82) is 0 Å². The zero-order valence-corrected chi connectivity index (χ0v) is 15.9. The van der Waals surface area contributed by atoms with Gasteiger partial charge in [0.1, 0.15) is 0 Å². The van der Waals surface area contributed by atoms with E-state index >= 15 is 0 Å². The monoisotopic (exact) mass is 418 g/mol. The van der Waals surface area contributed by atoms with Crippen LogP contribution in [0.1, 0.15) is 26.4 Å². The second-order valence-corrected chi connectivity index (χ2v) is 7.26. The van der Waals surface area contributed by atoms with E-state index in [0.29, 0.717) is 12.2 Å². The maximum absolute atomic E-state index is 13.1. The van der Waals surface area contributed by atoms with Gasteiger partial charge in [-0.25, -0.2) is 0 Å². The Labute approximate surface area is 169 Å². The first-order valence-corrected chi connectivity index (χ1v) is 9.56. The van der Waals surface area contributed by atoms with Gasteiger partial charge in [0.15, 0.2) is 0 Å². The smallest absolute Gasteiger partial charge is 0.351 e. The van der Waals surface area contributed by atoms with E-state index in [1.165, 1.54) is 12.1 Å². The zero-order chi connectivity index (χ0) is 20.9. The van der Waals surface area contributed by atoms with E-state index in [1.807, 2.05) is 17.5 Å². The molecule has 0 aliphatic heterocycles. The Hall–Kier alpha value is -3.13. The largest absolute Gasteiger partial charge is 0.417 e. The molecule has 8 heteroatoms. The van der Waals surface area contributed by atoms with E-state index < -0.39 is 23.2 Å². The summed E-state index contributed by atoms with van der Waals surface area (Å²) in [6.45, 7) is 0.462. The summed E-state index contributed by atoms with van der Waals surface area (Å²) in [5.41, 5.74) is -0.370. The summed E-state index contributed by atoms with van der Waals surface area (Å²) < 4.78 is 39.2. The lowest BCUT2D eigenvalue weighted by atomic mass is 10.1. The molecule has 3 aromatic rings. The quantitative estimate of drug-likeness (QED) is 0.600. The molecule has 0 aliphatic carbocycles. The first-order chi connectivity index (χ1) is 13.8. The van der Waals surface area contributed by atoms with Crippen LogP contribution in [-0.2, 0) is 23.9 Å². The molecule has 0 radical (unpaired) electrons. The maximum Gasteiger partial charge on any atom is 0.417 e. The topological polar surface area (TPSA) is 58.2 Å². The molecule has 1 aromatic heterocycles. The van der Waals surface area contributed by atoms with Crippen molar-refractivity contribution in [2.75, 3.05) is 5.32 Å². The normalized spacial score (nSPS) is 11.1. The summed E-state index contributed by atoms with van der Waals surface area (Å²) in [7, 11) is 0. The highest BCUT2D eigenvalue weighted by atomic mass is 32.1. The van der Waals surface area contributed by atoms with Crippen LogP contribution in [0.3, 0.4) is 0 Å². The third kappa shape index (κ3) is 5.68. The Bertz CT molecular complexity index is 984. The van der Waals surface area contributed by atoms with Gasteiger partial charge in [-0.15, -0.1) is 11.3 Å². The van der Waals surface area contributed by atoms with Crippen LogP contribution in [0.4, 0.5) is 18.9 Å². The molecule has 0 saturated heterocycles. The zero-order valence-electron chi connectivity index (χ0n) is 15.1. The van der Waals surface area contributed by atoms with Gasteiger partial charge in [0.2, 0.25) is 5.91 Å². The van der Waals surface area contributed by atoms with Crippen LogP contribution >= 0.6 is 11.3 Å². The lowest BCUT2D eigenvalue weighted by Crippen LogP contribution is -2.24.